The lowest BCUT2D eigenvalue weighted by Gasteiger charge is -2.44. The molecular weight excluding hydrogens is 394 g/mol. The normalized spacial score (nSPS) is 26.4. The predicted octanol–water partition coefficient (Wildman–Crippen LogP) is 2.91. The van der Waals surface area contributed by atoms with E-state index < -0.39 is 0 Å². The molecule has 4 aliphatic rings. The summed E-state index contributed by atoms with van der Waals surface area (Å²) in [5.41, 5.74) is 3.37. The molecule has 1 atom stereocenters. The fourth-order valence-electron chi connectivity index (χ4n) is 5.07. The first-order chi connectivity index (χ1) is 14.7. The number of H-pyrrole nitrogens is 1. The standard InChI is InChI=1S/C23H26N5OS/c29-23(26-11-13-30-17-26)19-14-20-5-3-12-28(20,16-19)27-9-7-25(8-10-27)22-15-18-4-1-2-6-21(18)24-22/h1-6,12,14-15,24H,7-11,13,16-17H2/q+1/t28-/m1/s1. The highest BCUT2D eigenvalue weighted by atomic mass is 32.2. The van der Waals surface area contributed by atoms with Crippen molar-refractivity contribution < 1.29 is 9.39 Å². The highest BCUT2D eigenvalue weighted by molar-refractivity contribution is 7.99. The largest absolute Gasteiger partial charge is 0.355 e. The molecular formula is C23H26N5OS+. The summed E-state index contributed by atoms with van der Waals surface area (Å²) < 4.78 is 0.683. The number of nitrogens with zero attached hydrogens (tertiary/aromatic N) is 4. The van der Waals surface area contributed by atoms with E-state index in [2.05, 4.69) is 69.7 Å². The zero-order valence-corrected chi connectivity index (χ0v) is 17.8. The second-order valence-corrected chi connectivity index (χ2v) is 9.45. The van der Waals surface area contributed by atoms with Crippen molar-refractivity contribution in [2.24, 2.45) is 0 Å². The van der Waals surface area contributed by atoms with E-state index in [1.165, 1.54) is 22.4 Å². The Morgan fingerprint density at radius 2 is 1.97 bits per heavy atom. The van der Waals surface area contributed by atoms with Crippen LogP contribution >= 0.6 is 11.8 Å². The molecule has 2 fully saturated rings. The summed E-state index contributed by atoms with van der Waals surface area (Å²) in [6, 6.07) is 10.7. The molecule has 6 nitrogen and oxygen atoms in total. The monoisotopic (exact) mass is 420 g/mol. The molecule has 0 aliphatic carbocycles. The molecule has 154 valence electrons. The average molecular weight is 421 g/mol. The van der Waals surface area contributed by atoms with Gasteiger partial charge in [-0.15, -0.1) is 16.8 Å². The number of hydrogen-bond donors (Lipinski definition) is 1. The zero-order valence-electron chi connectivity index (χ0n) is 17.0. The van der Waals surface area contributed by atoms with E-state index in [1.54, 1.807) is 0 Å². The van der Waals surface area contributed by atoms with Crippen molar-refractivity contribution in [1.82, 2.24) is 14.9 Å². The second-order valence-electron chi connectivity index (χ2n) is 8.38. The quantitative estimate of drug-likeness (QED) is 0.776. The van der Waals surface area contributed by atoms with Gasteiger partial charge in [-0.2, -0.15) is 4.59 Å². The number of fused-ring (bicyclic) bond motifs is 2. The van der Waals surface area contributed by atoms with Gasteiger partial charge >= 0.3 is 0 Å². The van der Waals surface area contributed by atoms with Gasteiger partial charge in [0.2, 0.25) is 0 Å². The molecule has 0 bridgehead atoms. The molecule has 0 unspecified atom stereocenters. The number of para-hydroxylation sites is 1. The van der Waals surface area contributed by atoms with Crippen molar-refractivity contribution >= 4 is 34.4 Å². The number of carbonyl (C=O) groups excluding carboxylic acids is 1. The Morgan fingerprint density at radius 1 is 1.10 bits per heavy atom. The Morgan fingerprint density at radius 3 is 2.77 bits per heavy atom. The number of allylic oxidation sites excluding steroid dienone is 3. The van der Waals surface area contributed by atoms with Crippen LogP contribution < -0.4 is 4.90 Å². The predicted molar refractivity (Wildman–Crippen MR) is 122 cm³/mol. The molecule has 6 rings (SSSR count). The Hall–Kier alpha value is -2.48. The first-order valence-corrected chi connectivity index (χ1v) is 11.8. The zero-order chi connectivity index (χ0) is 20.1. The number of benzene rings is 1. The number of carbonyl (C=O) groups is 1. The van der Waals surface area contributed by atoms with E-state index in [1.807, 2.05) is 16.7 Å². The molecule has 1 aromatic carbocycles. The minimum atomic E-state index is 0.220. The SMILES string of the molecule is O=C(C1=CC2=CC=C[N@@+]2(N2CCN(c3cc4ccccc4[nH]3)CC2)C1)N1CCSC1. The smallest absolute Gasteiger partial charge is 0.256 e. The molecule has 1 N–H and O–H groups in total. The van der Waals surface area contributed by atoms with E-state index in [0.29, 0.717) is 4.59 Å². The van der Waals surface area contributed by atoms with Gasteiger partial charge in [-0.25, -0.2) is 0 Å². The molecule has 1 aromatic heterocycles. The summed E-state index contributed by atoms with van der Waals surface area (Å²) in [5, 5.41) is 3.78. The van der Waals surface area contributed by atoms with Crippen molar-refractivity contribution in [1.29, 1.82) is 0 Å². The number of thioether (sulfide) groups is 1. The minimum absolute atomic E-state index is 0.220. The van der Waals surface area contributed by atoms with E-state index in [4.69, 9.17) is 0 Å². The summed E-state index contributed by atoms with van der Waals surface area (Å²) in [7, 11) is 0. The summed E-state index contributed by atoms with van der Waals surface area (Å²) in [4.78, 5) is 21.0. The molecule has 5 heterocycles. The van der Waals surface area contributed by atoms with Crippen LogP contribution in [-0.2, 0) is 4.79 Å². The molecule has 4 aliphatic heterocycles. The van der Waals surface area contributed by atoms with Crippen molar-refractivity contribution in [2.75, 3.05) is 55.8 Å². The number of amides is 1. The van der Waals surface area contributed by atoms with Crippen LogP contribution in [0.3, 0.4) is 0 Å². The van der Waals surface area contributed by atoms with E-state index in [9.17, 15) is 4.79 Å². The second kappa shape index (κ2) is 7.04. The van der Waals surface area contributed by atoms with Crippen LogP contribution in [0.25, 0.3) is 10.9 Å². The lowest BCUT2D eigenvalue weighted by atomic mass is 10.2. The molecule has 1 amide bonds. The van der Waals surface area contributed by atoms with Gasteiger partial charge in [-0.1, -0.05) is 18.2 Å². The van der Waals surface area contributed by atoms with Crippen LogP contribution in [0.2, 0.25) is 0 Å². The van der Waals surface area contributed by atoms with Gasteiger partial charge in [0, 0.05) is 48.4 Å². The Labute approximate surface area is 180 Å². The Bertz CT molecular complexity index is 1050. The molecule has 30 heavy (non-hydrogen) atoms. The number of aromatic amines is 1. The molecule has 7 heteroatoms. The van der Waals surface area contributed by atoms with Gasteiger partial charge in [0.1, 0.15) is 18.6 Å². The van der Waals surface area contributed by atoms with Crippen LogP contribution in [0.4, 0.5) is 5.82 Å². The first kappa shape index (κ1) is 18.3. The van der Waals surface area contributed by atoms with Gasteiger partial charge in [0.15, 0.2) is 5.70 Å². The fraction of sp³-hybridized carbons (Fsp3) is 0.348. The average Bonchev–Trinajstić information content (AvgIpc) is 3.56. The van der Waals surface area contributed by atoms with E-state index >= 15 is 0 Å². The summed E-state index contributed by atoms with van der Waals surface area (Å²) in [6.07, 6.45) is 8.70. The third-order valence-electron chi connectivity index (χ3n) is 6.71. The molecule has 0 spiro atoms. The van der Waals surface area contributed by atoms with Gasteiger partial charge in [-0.3, -0.25) is 4.79 Å². The number of quaternary nitrogens is 1. The van der Waals surface area contributed by atoms with Gasteiger partial charge < -0.3 is 14.8 Å². The van der Waals surface area contributed by atoms with Crippen LogP contribution in [0.1, 0.15) is 0 Å². The summed E-state index contributed by atoms with van der Waals surface area (Å²) in [5.74, 6) is 3.30. The first-order valence-electron chi connectivity index (χ1n) is 10.7. The number of aromatic nitrogens is 1. The van der Waals surface area contributed by atoms with Crippen LogP contribution in [0.5, 0.6) is 0 Å². The number of rotatable bonds is 3. The Kier molecular flexibility index (Phi) is 4.30. The molecule has 2 aromatic rings. The highest BCUT2D eigenvalue weighted by Crippen LogP contribution is 2.38. The lowest BCUT2D eigenvalue weighted by Crippen LogP contribution is -2.60. The Balaban J connectivity index is 1.17. The maximum Gasteiger partial charge on any atom is 0.256 e. The van der Waals surface area contributed by atoms with Gasteiger partial charge in [0.25, 0.3) is 5.91 Å². The van der Waals surface area contributed by atoms with Crippen LogP contribution in [-0.4, -0.2) is 76.3 Å². The van der Waals surface area contributed by atoms with Crippen molar-refractivity contribution in [2.45, 2.75) is 0 Å². The van der Waals surface area contributed by atoms with Crippen molar-refractivity contribution in [3.05, 3.63) is 66.0 Å². The number of nitrogens with one attached hydrogen (secondary N) is 1. The van der Waals surface area contributed by atoms with Crippen molar-refractivity contribution in [3.63, 3.8) is 0 Å². The van der Waals surface area contributed by atoms with E-state index in [-0.39, 0.29) is 5.91 Å². The number of anilines is 1. The maximum atomic E-state index is 13.0. The van der Waals surface area contributed by atoms with Crippen molar-refractivity contribution in [3.8, 4) is 0 Å². The van der Waals surface area contributed by atoms with Crippen LogP contribution in [0.15, 0.2) is 66.0 Å². The molecule has 0 saturated carbocycles. The van der Waals surface area contributed by atoms with Crippen LogP contribution in [0, 0.1) is 0 Å². The molecule has 2 saturated heterocycles. The van der Waals surface area contributed by atoms with Gasteiger partial charge in [-0.05, 0) is 18.2 Å². The summed E-state index contributed by atoms with van der Waals surface area (Å²) in [6.45, 7) is 5.49. The number of hydrogen-bond acceptors (Lipinski definition) is 4. The van der Waals surface area contributed by atoms with E-state index in [0.717, 1.165) is 56.5 Å². The third-order valence-corrected chi connectivity index (χ3v) is 7.68. The third kappa shape index (κ3) is 2.84. The summed E-state index contributed by atoms with van der Waals surface area (Å²) >= 11 is 1.84. The fourth-order valence-corrected chi connectivity index (χ4v) is 6.02. The lowest BCUT2D eigenvalue weighted by molar-refractivity contribution is -0.948. The topological polar surface area (TPSA) is 42.6 Å². The maximum absolute atomic E-state index is 13.0. The highest BCUT2D eigenvalue weighted by Gasteiger charge is 2.47. The minimum Gasteiger partial charge on any atom is -0.355 e. The van der Waals surface area contributed by atoms with Gasteiger partial charge in [0.05, 0.1) is 24.5 Å². The number of piperazine rings is 1. The molecule has 0 radical (unpaired) electrons.